The van der Waals surface area contributed by atoms with E-state index in [-0.39, 0.29) is 19.5 Å². The van der Waals surface area contributed by atoms with Crippen LogP contribution >= 0.6 is 0 Å². The van der Waals surface area contributed by atoms with Crippen LogP contribution in [0.2, 0.25) is 0 Å². The first-order chi connectivity index (χ1) is 15.7. The number of H-pyrrole nitrogens is 2. The van der Waals surface area contributed by atoms with Crippen molar-refractivity contribution in [1.29, 1.82) is 0 Å². The first-order valence-electron chi connectivity index (χ1n) is 10.4. The first kappa shape index (κ1) is 22.4. The number of rotatable bonds is 2. The average molecular weight is 484 g/mol. The van der Waals surface area contributed by atoms with Gasteiger partial charge in [0.25, 0.3) is 0 Å². The Morgan fingerprint density at radius 1 is 0.455 bits per heavy atom. The summed E-state index contributed by atoms with van der Waals surface area (Å²) >= 11 is 0. The number of nitrogens with one attached hydrogen (secondary N) is 2. The minimum atomic E-state index is 0. The molecule has 0 unspecified atom stereocenters. The van der Waals surface area contributed by atoms with Crippen LogP contribution < -0.4 is 0 Å². The van der Waals surface area contributed by atoms with Gasteiger partial charge in [-0.05, 0) is 48.5 Å². The summed E-state index contributed by atoms with van der Waals surface area (Å²) in [6, 6.07) is 34.9. The third-order valence-electron chi connectivity index (χ3n) is 5.45. The molecule has 6 rings (SSSR count). The van der Waals surface area contributed by atoms with Gasteiger partial charge < -0.3 is 20.2 Å². The number of benzene rings is 4. The van der Waals surface area contributed by atoms with E-state index in [9.17, 15) is 10.2 Å². The van der Waals surface area contributed by atoms with Gasteiger partial charge in [0.15, 0.2) is 0 Å². The molecular formula is C28H22N2O2Zn+2. The van der Waals surface area contributed by atoms with Gasteiger partial charge in [0, 0.05) is 32.9 Å². The minimum absolute atomic E-state index is 0. The molecule has 0 saturated carbocycles. The Morgan fingerprint density at radius 3 is 1.21 bits per heavy atom. The van der Waals surface area contributed by atoms with Gasteiger partial charge in [-0.3, -0.25) is 0 Å². The summed E-state index contributed by atoms with van der Waals surface area (Å²) < 4.78 is 0. The Hall–Kier alpha value is -3.82. The summed E-state index contributed by atoms with van der Waals surface area (Å²) in [5, 5.41) is 21.8. The van der Waals surface area contributed by atoms with Crippen molar-refractivity contribution in [2.75, 3.05) is 0 Å². The monoisotopic (exact) mass is 482 g/mol. The molecule has 4 aromatic carbocycles. The van der Waals surface area contributed by atoms with Crippen molar-refractivity contribution in [3.63, 3.8) is 0 Å². The van der Waals surface area contributed by atoms with E-state index < -0.39 is 0 Å². The van der Waals surface area contributed by atoms with E-state index in [1.54, 1.807) is 12.1 Å². The van der Waals surface area contributed by atoms with Gasteiger partial charge in [0.05, 0.1) is 11.4 Å². The number of hydrogen-bond donors (Lipinski definition) is 4. The number of aromatic nitrogens is 2. The van der Waals surface area contributed by atoms with Crippen LogP contribution in [0.3, 0.4) is 0 Å². The van der Waals surface area contributed by atoms with Crippen LogP contribution in [-0.2, 0) is 19.5 Å². The van der Waals surface area contributed by atoms with Crippen LogP contribution in [0.15, 0.2) is 109 Å². The molecule has 2 heterocycles. The average Bonchev–Trinajstić information content (AvgIpc) is 3.44. The first-order valence-corrected chi connectivity index (χ1v) is 10.4. The molecule has 0 saturated heterocycles. The number of fused-ring (bicyclic) bond motifs is 2. The topological polar surface area (TPSA) is 72.0 Å². The molecule has 0 amide bonds. The Labute approximate surface area is 204 Å². The van der Waals surface area contributed by atoms with Crippen molar-refractivity contribution < 1.29 is 29.7 Å². The van der Waals surface area contributed by atoms with E-state index >= 15 is 0 Å². The zero-order valence-corrected chi connectivity index (χ0v) is 21.0. The minimum Gasteiger partial charge on any atom is -0.507 e. The molecule has 5 heteroatoms. The zero-order chi connectivity index (χ0) is 21.9. The van der Waals surface area contributed by atoms with E-state index in [1.165, 1.54) is 0 Å². The summed E-state index contributed by atoms with van der Waals surface area (Å²) in [5.74, 6) is 0.600. The SMILES string of the molecule is Oc1ccccc1-c1cc2ccccc2[nH]1.Oc1ccccc1-c1cc2ccccc2[nH]1.[Zn+2]. The Balaban J connectivity index is 0.000000152. The Morgan fingerprint density at radius 2 is 0.818 bits per heavy atom. The van der Waals surface area contributed by atoms with Crippen molar-refractivity contribution in [2.24, 2.45) is 0 Å². The van der Waals surface area contributed by atoms with Gasteiger partial charge in [0.2, 0.25) is 0 Å². The summed E-state index contributed by atoms with van der Waals surface area (Å²) in [5.41, 5.74) is 5.72. The van der Waals surface area contributed by atoms with Crippen molar-refractivity contribution >= 4 is 21.8 Å². The molecule has 4 N–H and O–H groups in total. The maximum atomic E-state index is 9.77. The van der Waals surface area contributed by atoms with E-state index in [4.69, 9.17) is 0 Å². The molecule has 0 radical (unpaired) electrons. The second-order valence-corrected chi connectivity index (χ2v) is 7.57. The number of para-hydroxylation sites is 4. The summed E-state index contributed by atoms with van der Waals surface area (Å²) in [7, 11) is 0. The van der Waals surface area contributed by atoms with Crippen LogP contribution in [0.4, 0.5) is 0 Å². The molecule has 0 fully saturated rings. The molecule has 0 aliphatic rings. The van der Waals surface area contributed by atoms with Crippen molar-refractivity contribution in [3.8, 4) is 34.0 Å². The van der Waals surface area contributed by atoms with E-state index in [1.807, 2.05) is 84.9 Å². The Bertz CT molecular complexity index is 1340. The summed E-state index contributed by atoms with van der Waals surface area (Å²) in [6.07, 6.45) is 0. The normalized spacial score (nSPS) is 10.4. The number of hydrogen-bond acceptors (Lipinski definition) is 2. The maximum absolute atomic E-state index is 9.77. The van der Waals surface area contributed by atoms with E-state index in [0.717, 1.165) is 44.3 Å². The largest absolute Gasteiger partial charge is 2.00 e. The van der Waals surface area contributed by atoms with Crippen LogP contribution in [0.1, 0.15) is 0 Å². The van der Waals surface area contributed by atoms with Crippen LogP contribution in [-0.4, -0.2) is 20.2 Å². The summed E-state index contributed by atoms with van der Waals surface area (Å²) in [4.78, 5) is 6.59. The predicted molar refractivity (Wildman–Crippen MR) is 131 cm³/mol. The number of phenolic OH excluding ortho intramolecular Hbond substituents is 2. The molecule has 0 atom stereocenters. The van der Waals surface area contributed by atoms with Gasteiger partial charge in [-0.2, -0.15) is 0 Å². The van der Waals surface area contributed by atoms with Crippen LogP contribution in [0, 0.1) is 0 Å². The molecule has 0 spiro atoms. The fourth-order valence-corrected chi connectivity index (χ4v) is 3.84. The van der Waals surface area contributed by atoms with Crippen LogP contribution in [0.5, 0.6) is 11.5 Å². The molecule has 0 aliphatic carbocycles. The second-order valence-electron chi connectivity index (χ2n) is 7.57. The summed E-state index contributed by atoms with van der Waals surface area (Å²) in [6.45, 7) is 0. The fraction of sp³-hybridized carbons (Fsp3) is 0. The van der Waals surface area contributed by atoms with Crippen molar-refractivity contribution in [3.05, 3.63) is 109 Å². The number of aromatic amines is 2. The van der Waals surface area contributed by atoms with Crippen molar-refractivity contribution in [2.45, 2.75) is 0 Å². The predicted octanol–water partition coefficient (Wildman–Crippen LogP) is 7.08. The molecule has 156 valence electrons. The van der Waals surface area contributed by atoms with Gasteiger partial charge in [-0.25, -0.2) is 0 Å². The maximum Gasteiger partial charge on any atom is 2.00 e. The third kappa shape index (κ3) is 4.69. The molecule has 0 aliphatic heterocycles. The van der Waals surface area contributed by atoms with Gasteiger partial charge in [-0.15, -0.1) is 0 Å². The fourth-order valence-electron chi connectivity index (χ4n) is 3.84. The molecule has 0 bridgehead atoms. The molecular weight excluding hydrogens is 462 g/mol. The molecule has 2 aromatic heterocycles. The molecule has 33 heavy (non-hydrogen) atoms. The molecule has 4 nitrogen and oxygen atoms in total. The number of phenols is 2. The van der Waals surface area contributed by atoms with Gasteiger partial charge in [-0.1, -0.05) is 60.7 Å². The Kier molecular flexibility index (Phi) is 6.62. The van der Waals surface area contributed by atoms with E-state index in [0.29, 0.717) is 11.5 Å². The third-order valence-corrected chi connectivity index (χ3v) is 5.45. The van der Waals surface area contributed by atoms with Crippen LogP contribution in [0.25, 0.3) is 44.3 Å². The van der Waals surface area contributed by atoms with Gasteiger partial charge >= 0.3 is 19.5 Å². The second kappa shape index (κ2) is 9.76. The zero-order valence-electron chi connectivity index (χ0n) is 18.0. The standard InChI is InChI=1S/2C14H11NO.Zn/c2*16-14-8-4-2-6-11(14)13-9-10-5-1-3-7-12(10)15-13;/h2*1-9,15-16H;/q;;+2. The molecule has 6 aromatic rings. The smallest absolute Gasteiger partial charge is 0.507 e. The number of aromatic hydroxyl groups is 2. The quantitative estimate of drug-likeness (QED) is 0.199. The van der Waals surface area contributed by atoms with Crippen molar-refractivity contribution in [1.82, 2.24) is 9.97 Å². The van der Waals surface area contributed by atoms with Gasteiger partial charge in [0.1, 0.15) is 11.5 Å². The van der Waals surface area contributed by atoms with E-state index in [2.05, 4.69) is 22.1 Å².